The van der Waals surface area contributed by atoms with Crippen LogP contribution in [0.15, 0.2) is 127 Å². The fraction of sp³-hybridized carbons (Fsp3) is 0.121. The van der Waals surface area contributed by atoms with Gasteiger partial charge in [-0.05, 0) is 12.0 Å². The second-order valence-electron chi connectivity index (χ2n) is 8.05. The van der Waals surface area contributed by atoms with E-state index in [2.05, 4.69) is 86.7 Å². The van der Waals surface area contributed by atoms with Gasteiger partial charge in [0.05, 0.1) is 0 Å². The molecule has 2 aliphatic rings. The molecule has 0 aliphatic heterocycles. The maximum atomic E-state index is 3.45. The predicted octanol–water partition coefficient (Wildman–Crippen LogP) is 8.20. The van der Waals surface area contributed by atoms with Crippen LogP contribution in [0.2, 0.25) is 0 Å². The van der Waals surface area contributed by atoms with Crippen LogP contribution >= 0.6 is 0 Å². The van der Waals surface area contributed by atoms with Gasteiger partial charge < -0.3 is 0 Å². The molecule has 4 aromatic rings. The number of hydrogen-bond acceptors (Lipinski definition) is 0. The van der Waals surface area contributed by atoms with E-state index >= 15 is 0 Å². The molecular formula is C33H29Zr-3. The second-order valence-corrected chi connectivity index (χ2v) is 10.5. The van der Waals surface area contributed by atoms with Crippen molar-refractivity contribution in [2.75, 3.05) is 0 Å². The number of allylic oxidation sites excluding steroid dienone is 4. The third-order valence-corrected chi connectivity index (χ3v) is 5.12. The molecule has 0 spiro atoms. The maximum Gasteiger partial charge on any atom is 0.00806 e. The van der Waals surface area contributed by atoms with Crippen molar-refractivity contribution in [1.82, 2.24) is 0 Å². The van der Waals surface area contributed by atoms with Crippen LogP contribution in [-0.4, -0.2) is 3.21 Å². The molecule has 1 atom stereocenters. The molecule has 2 aliphatic carbocycles. The van der Waals surface area contributed by atoms with Gasteiger partial charge >= 0.3 is 41.3 Å². The molecule has 6 rings (SSSR count). The summed E-state index contributed by atoms with van der Waals surface area (Å²) in [7, 11) is 0. The third kappa shape index (κ3) is 7.86. The van der Waals surface area contributed by atoms with Crippen LogP contribution in [0.25, 0.3) is 11.1 Å². The van der Waals surface area contributed by atoms with Crippen LogP contribution in [-0.2, 0) is 24.2 Å². The van der Waals surface area contributed by atoms with Crippen molar-refractivity contribution in [3.8, 4) is 11.1 Å². The summed E-state index contributed by atoms with van der Waals surface area (Å²) in [6.07, 6.45) is 7.73. The molecule has 168 valence electrons. The molecule has 0 fully saturated rings. The van der Waals surface area contributed by atoms with Gasteiger partial charge in [-0.2, -0.15) is 97.1 Å². The minimum atomic E-state index is 0.410. The van der Waals surface area contributed by atoms with Crippen molar-refractivity contribution in [1.29, 1.82) is 0 Å². The normalized spacial score (nSPS) is 13.9. The van der Waals surface area contributed by atoms with E-state index in [0.29, 0.717) is 5.92 Å². The van der Waals surface area contributed by atoms with Crippen LogP contribution in [0.3, 0.4) is 0 Å². The number of benzene rings is 4. The van der Waals surface area contributed by atoms with E-state index in [1.165, 1.54) is 31.0 Å². The van der Waals surface area contributed by atoms with Gasteiger partial charge in [-0.15, -0.1) is 11.1 Å². The SMILES string of the molecule is C[C](C)=[Zr].[c-]1cccc2c1C(C1=CC=CC1)c1ccccc1-2.[c-]1ccccc1.[c-]1ccccc1. The smallest absolute Gasteiger partial charge is 0.00806 e. The molecule has 0 nitrogen and oxygen atoms in total. The van der Waals surface area contributed by atoms with Crippen molar-refractivity contribution in [3.05, 3.63) is 156 Å². The van der Waals surface area contributed by atoms with Gasteiger partial charge in [-0.1, -0.05) is 53.6 Å². The third-order valence-electron chi connectivity index (χ3n) is 5.12. The molecular weight excluding hydrogens is 488 g/mol. The van der Waals surface area contributed by atoms with Crippen LogP contribution < -0.4 is 0 Å². The van der Waals surface area contributed by atoms with Gasteiger partial charge in [0.25, 0.3) is 0 Å². The zero-order chi connectivity index (χ0) is 24.0. The van der Waals surface area contributed by atoms with Crippen molar-refractivity contribution >= 4 is 3.21 Å². The molecule has 0 N–H and O–H groups in total. The zero-order valence-electron chi connectivity index (χ0n) is 19.8. The molecule has 0 aromatic heterocycles. The summed E-state index contributed by atoms with van der Waals surface area (Å²) >= 11 is 1.55. The van der Waals surface area contributed by atoms with Gasteiger partial charge in [0.1, 0.15) is 0 Å². The van der Waals surface area contributed by atoms with Crippen LogP contribution in [0.5, 0.6) is 0 Å². The first-order valence-corrected chi connectivity index (χ1v) is 12.7. The Kier molecular flexibility index (Phi) is 10.9. The fourth-order valence-electron chi connectivity index (χ4n) is 3.82. The van der Waals surface area contributed by atoms with Gasteiger partial charge in [0.15, 0.2) is 0 Å². The van der Waals surface area contributed by atoms with Crippen molar-refractivity contribution in [2.24, 2.45) is 0 Å². The van der Waals surface area contributed by atoms with Crippen molar-refractivity contribution < 1.29 is 24.2 Å². The van der Waals surface area contributed by atoms with E-state index in [4.69, 9.17) is 0 Å². The standard InChI is InChI=1S/C18H13.2C6H5.C3H6.Zr/c1-2-8-13(7-1)18-16-11-5-3-9-14(16)15-10-4-6-12-17(15)18;2*1-2-4-6-5-3-1;1-3-2;/h1-7,9-11,18H,8H2;2*1-5H;1-2H3;/q3*-1;;. The topological polar surface area (TPSA) is 0 Å². The Labute approximate surface area is 220 Å². The Morgan fingerprint density at radius 2 is 1.32 bits per heavy atom. The van der Waals surface area contributed by atoms with Crippen LogP contribution in [0, 0.1) is 18.2 Å². The van der Waals surface area contributed by atoms with Gasteiger partial charge in [0, 0.05) is 5.92 Å². The molecule has 34 heavy (non-hydrogen) atoms. The number of fused-ring (bicyclic) bond motifs is 3. The zero-order valence-corrected chi connectivity index (χ0v) is 22.3. The van der Waals surface area contributed by atoms with E-state index < -0.39 is 0 Å². The maximum absolute atomic E-state index is 3.45. The minimum Gasteiger partial charge on any atom is -0.184 e. The molecule has 0 amide bonds. The van der Waals surface area contributed by atoms with Crippen LogP contribution in [0.4, 0.5) is 0 Å². The Hall–Kier alpha value is -2.89. The predicted molar refractivity (Wildman–Crippen MR) is 141 cm³/mol. The molecule has 1 unspecified atom stereocenters. The summed E-state index contributed by atoms with van der Waals surface area (Å²) in [5.41, 5.74) is 7.00. The van der Waals surface area contributed by atoms with Gasteiger partial charge in [0.2, 0.25) is 0 Å². The first kappa shape index (κ1) is 25.7. The van der Waals surface area contributed by atoms with Gasteiger partial charge in [-0.25, -0.2) is 0 Å². The first-order valence-electron chi connectivity index (χ1n) is 11.5. The Bertz CT molecular complexity index is 1070. The molecule has 4 aromatic carbocycles. The number of hydrogen-bond donors (Lipinski definition) is 0. The Morgan fingerprint density at radius 3 is 1.82 bits per heavy atom. The Morgan fingerprint density at radius 1 is 0.735 bits per heavy atom. The average molecular weight is 517 g/mol. The first-order chi connectivity index (χ1) is 16.7. The Balaban J connectivity index is 0.000000166. The van der Waals surface area contributed by atoms with E-state index in [1.807, 2.05) is 66.7 Å². The summed E-state index contributed by atoms with van der Waals surface area (Å²) in [5.74, 6) is 0.410. The summed E-state index contributed by atoms with van der Waals surface area (Å²) in [4.78, 5) is 0. The molecule has 0 saturated carbocycles. The molecule has 0 radical (unpaired) electrons. The van der Waals surface area contributed by atoms with Crippen LogP contribution in [0.1, 0.15) is 37.3 Å². The van der Waals surface area contributed by atoms with Crippen molar-refractivity contribution in [2.45, 2.75) is 26.2 Å². The quantitative estimate of drug-likeness (QED) is 0.224. The average Bonchev–Trinajstić information content (AvgIpc) is 3.53. The number of rotatable bonds is 1. The molecule has 0 saturated heterocycles. The summed E-state index contributed by atoms with van der Waals surface area (Å²) in [6, 6.07) is 43.5. The molecule has 1 heteroatoms. The van der Waals surface area contributed by atoms with Gasteiger partial charge in [-0.3, -0.25) is 0 Å². The summed E-state index contributed by atoms with van der Waals surface area (Å²) in [6.45, 7) is 4.25. The molecule has 0 bridgehead atoms. The van der Waals surface area contributed by atoms with Crippen molar-refractivity contribution in [3.63, 3.8) is 0 Å². The van der Waals surface area contributed by atoms with E-state index in [0.717, 1.165) is 6.42 Å². The molecule has 0 heterocycles. The summed E-state index contributed by atoms with van der Waals surface area (Å²) < 4.78 is 1.51. The second kappa shape index (κ2) is 14.4. The fourth-order valence-corrected chi connectivity index (χ4v) is 3.82. The monoisotopic (exact) mass is 515 g/mol. The summed E-state index contributed by atoms with van der Waals surface area (Å²) in [5, 5.41) is 0. The minimum absolute atomic E-state index is 0.410. The largest absolute Gasteiger partial charge is 0.184 e. The van der Waals surface area contributed by atoms with E-state index in [9.17, 15) is 0 Å². The van der Waals surface area contributed by atoms with E-state index in [1.54, 1.807) is 24.2 Å². The van der Waals surface area contributed by atoms with E-state index in [-0.39, 0.29) is 0 Å².